The van der Waals surface area contributed by atoms with E-state index in [0.29, 0.717) is 6.42 Å². The second kappa shape index (κ2) is 3.75. The lowest BCUT2D eigenvalue weighted by molar-refractivity contribution is -0.385. The highest BCUT2D eigenvalue weighted by Gasteiger charge is 2.22. The van der Waals surface area contributed by atoms with Crippen molar-refractivity contribution in [1.29, 1.82) is 0 Å². The molecule has 0 spiro atoms. The van der Waals surface area contributed by atoms with E-state index in [1.54, 1.807) is 0 Å². The molecule has 0 aliphatic rings. The van der Waals surface area contributed by atoms with Crippen LogP contribution in [-0.4, -0.2) is 26.4 Å². The van der Waals surface area contributed by atoms with Gasteiger partial charge in [-0.05, 0) is 20.3 Å². The van der Waals surface area contributed by atoms with Crippen LogP contribution in [0.5, 0.6) is 0 Å². The molecule has 0 amide bonds. The van der Waals surface area contributed by atoms with Gasteiger partial charge in [0.25, 0.3) is 0 Å². The third kappa shape index (κ3) is 2.08. The number of hydrogen-bond acceptors (Lipinski definition) is 4. The number of nitro groups is 1. The fraction of sp³-hybridized carbons (Fsp3) is 0.625. The fourth-order valence-corrected chi connectivity index (χ4v) is 1.13. The third-order valence-corrected chi connectivity index (χ3v) is 2.12. The van der Waals surface area contributed by atoms with Gasteiger partial charge in [-0.2, -0.15) is 5.10 Å². The maximum Gasteiger partial charge on any atom is 0.307 e. The molecular weight excluding hydrogens is 186 g/mol. The molecular formula is C8H13N3O3. The SMILES string of the molecule is CC(C)(CCO)n1cc([N+](=O)[O-])cn1. The zero-order valence-electron chi connectivity index (χ0n) is 8.17. The zero-order valence-corrected chi connectivity index (χ0v) is 8.17. The molecule has 0 unspecified atom stereocenters. The van der Waals surface area contributed by atoms with Crippen molar-refractivity contribution in [1.82, 2.24) is 9.78 Å². The molecule has 0 bridgehead atoms. The van der Waals surface area contributed by atoms with Crippen LogP contribution in [0.25, 0.3) is 0 Å². The topological polar surface area (TPSA) is 81.2 Å². The lowest BCUT2D eigenvalue weighted by Crippen LogP contribution is -2.27. The van der Waals surface area contributed by atoms with Crippen LogP contribution in [0.2, 0.25) is 0 Å². The Morgan fingerprint density at radius 2 is 2.36 bits per heavy atom. The van der Waals surface area contributed by atoms with E-state index in [1.807, 2.05) is 13.8 Å². The Balaban J connectivity index is 2.90. The summed E-state index contributed by atoms with van der Waals surface area (Å²) in [6.45, 7) is 3.75. The lowest BCUT2D eigenvalue weighted by atomic mass is 10.0. The normalized spacial score (nSPS) is 11.6. The summed E-state index contributed by atoms with van der Waals surface area (Å²) in [4.78, 5) is 9.91. The molecule has 0 atom stereocenters. The van der Waals surface area contributed by atoms with Crippen LogP contribution in [0, 0.1) is 10.1 Å². The van der Waals surface area contributed by atoms with Crippen LogP contribution in [-0.2, 0) is 5.54 Å². The summed E-state index contributed by atoms with van der Waals surface area (Å²) in [5, 5.41) is 23.1. The van der Waals surface area contributed by atoms with Crippen molar-refractivity contribution in [2.75, 3.05) is 6.61 Å². The Labute approximate surface area is 81.3 Å². The average Bonchev–Trinajstić information content (AvgIpc) is 2.51. The molecule has 0 aliphatic heterocycles. The van der Waals surface area contributed by atoms with Gasteiger partial charge in [0.2, 0.25) is 0 Å². The first-order valence-electron chi connectivity index (χ1n) is 4.28. The molecule has 1 rings (SSSR count). The average molecular weight is 199 g/mol. The van der Waals surface area contributed by atoms with E-state index < -0.39 is 10.5 Å². The van der Waals surface area contributed by atoms with Gasteiger partial charge in [-0.25, -0.2) is 0 Å². The summed E-state index contributed by atoms with van der Waals surface area (Å²) in [5.74, 6) is 0. The van der Waals surface area contributed by atoms with E-state index in [0.717, 1.165) is 0 Å². The summed E-state index contributed by atoms with van der Waals surface area (Å²) >= 11 is 0. The van der Waals surface area contributed by atoms with Gasteiger partial charge in [0.1, 0.15) is 12.4 Å². The highest BCUT2D eigenvalue weighted by atomic mass is 16.6. The molecule has 1 aromatic heterocycles. The first-order valence-corrected chi connectivity index (χ1v) is 4.28. The predicted octanol–water partition coefficient (Wildman–Crippen LogP) is 0.909. The zero-order chi connectivity index (χ0) is 10.8. The Bertz CT molecular complexity index is 332. The molecule has 78 valence electrons. The van der Waals surface area contributed by atoms with Crippen LogP contribution in [0.3, 0.4) is 0 Å². The summed E-state index contributed by atoms with van der Waals surface area (Å²) < 4.78 is 1.50. The highest BCUT2D eigenvalue weighted by molar-refractivity contribution is 5.21. The van der Waals surface area contributed by atoms with E-state index in [-0.39, 0.29) is 12.3 Å². The molecule has 0 aliphatic carbocycles. The Morgan fingerprint density at radius 3 is 2.79 bits per heavy atom. The second-order valence-corrected chi connectivity index (χ2v) is 3.69. The summed E-state index contributed by atoms with van der Waals surface area (Å²) in [5.41, 5.74) is -0.431. The van der Waals surface area contributed by atoms with Gasteiger partial charge in [-0.3, -0.25) is 14.8 Å². The van der Waals surface area contributed by atoms with Gasteiger partial charge in [-0.1, -0.05) is 0 Å². The Hall–Kier alpha value is -1.43. The molecule has 0 aromatic carbocycles. The van der Waals surface area contributed by atoms with Crippen LogP contribution < -0.4 is 0 Å². The third-order valence-electron chi connectivity index (χ3n) is 2.12. The van der Waals surface area contributed by atoms with Crippen molar-refractivity contribution in [2.45, 2.75) is 25.8 Å². The van der Waals surface area contributed by atoms with Crippen LogP contribution in [0.4, 0.5) is 5.69 Å². The van der Waals surface area contributed by atoms with Gasteiger partial charge in [0.15, 0.2) is 0 Å². The quantitative estimate of drug-likeness (QED) is 0.577. The molecule has 0 saturated carbocycles. The van der Waals surface area contributed by atoms with Crippen molar-refractivity contribution in [3.63, 3.8) is 0 Å². The molecule has 6 nitrogen and oxygen atoms in total. The number of aliphatic hydroxyl groups excluding tert-OH is 1. The van der Waals surface area contributed by atoms with Crippen molar-refractivity contribution in [3.8, 4) is 0 Å². The number of aliphatic hydroxyl groups is 1. The van der Waals surface area contributed by atoms with E-state index in [4.69, 9.17) is 5.11 Å². The minimum atomic E-state index is -0.488. The summed E-state index contributed by atoms with van der Waals surface area (Å²) in [6.07, 6.45) is 3.08. The van der Waals surface area contributed by atoms with Crippen LogP contribution in [0.1, 0.15) is 20.3 Å². The Kier molecular flexibility index (Phi) is 2.85. The molecule has 1 N–H and O–H groups in total. The summed E-state index contributed by atoms with van der Waals surface area (Å²) in [7, 11) is 0. The van der Waals surface area contributed by atoms with Gasteiger partial charge < -0.3 is 5.11 Å². The molecule has 14 heavy (non-hydrogen) atoms. The largest absolute Gasteiger partial charge is 0.396 e. The monoisotopic (exact) mass is 199 g/mol. The molecule has 0 fully saturated rings. The van der Waals surface area contributed by atoms with Crippen LogP contribution >= 0.6 is 0 Å². The molecule has 6 heteroatoms. The number of aromatic nitrogens is 2. The second-order valence-electron chi connectivity index (χ2n) is 3.69. The van der Waals surface area contributed by atoms with Gasteiger partial charge >= 0.3 is 5.69 Å². The van der Waals surface area contributed by atoms with E-state index in [1.165, 1.54) is 17.1 Å². The van der Waals surface area contributed by atoms with Crippen molar-refractivity contribution in [2.24, 2.45) is 0 Å². The number of hydrogen-bond donors (Lipinski definition) is 1. The van der Waals surface area contributed by atoms with Gasteiger partial charge in [0, 0.05) is 6.61 Å². The van der Waals surface area contributed by atoms with E-state index >= 15 is 0 Å². The lowest BCUT2D eigenvalue weighted by Gasteiger charge is -2.23. The van der Waals surface area contributed by atoms with Crippen LogP contribution in [0.15, 0.2) is 12.4 Å². The Morgan fingerprint density at radius 1 is 1.71 bits per heavy atom. The first-order chi connectivity index (χ1) is 6.47. The minimum absolute atomic E-state index is 0.0284. The van der Waals surface area contributed by atoms with Gasteiger partial charge in [-0.15, -0.1) is 0 Å². The standard InChI is InChI=1S/C8H13N3O3/c1-8(2,3-4-12)10-6-7(5-9-10)11(13)14/h5-6,12H,3-4H2,1-2H3. The molecule has 0 saturated heterocycles. The van der Waals surface area contributed by atoms with Crippen molar-refractivity contribution >= 4 is 5.69 Å². The highest BCUT2D eigenvalue weighted by Crippen LogP contribution is 2.20. The predicted molar refractivity (Wildman–Crippen MR) is 49.9 cm³/mol. The van der Waals surface area contributed by atoms with Crippen molar-refractivity contribution < 1.29 is 10.0 Å². The summed E-state index contributed by atoms with van der Waals surface area (Å²) in [6, 6.07) is 0. The first kappa shape index (κ1) is 10.6. The van der Waals surface area contributed by atoms with E-state index in [2.05, 4.69) is 5.10 Å². The van der Waals surface area contributed by atoms with Crippen molar-refractivity contribution in [3.05, 3.63) is 22.5 Å². The maximum absolute atomic E-state index is 10.4. The smallest absolute Gasteiger partial charge is 0.307 e. The fourth-order valence-electron chi connectivity index (χ4n) is 1.13. The number of rotatable bonds is 4. The molecule has 0 radical (unpaired) electrons. The minimum Gasteiger partial charge on any atom is -0.396 e. The molecule has 1 aromatic rings. The van der Waals surface area contributed by atoms with Gasteiger partial charge in [0.05, 0.1) is 10.5 Å². The maximum atomic E-state index is 10.4. The van der Waals surface area contributed by atoms with E-state index in [9.17, 15) is 10.1 Å². The molecule has 1 heterocycles. The number of nitrogens with zero attached hydrogens (tertiary/aromatic N) is 3.